The third kappa shape index (κ3) is 8.05. The molecule has 5 heteroatoms. The van der Waals surface area contributed by atoms with Crippen molar-refractivity contribution in [2.24, 2.45) is 11.7 Å². The molecule has 5 nitrogen and oxygen atoms in total. The third-order valence-corrected chi connectivity index (χ3v) is 2.41. The van der Waals surface area contributed by atoms with E-state index in [1.807, 2.05) is 44.2 Å². The Bertz CT molecular complexity index is 440. The summed E-state index contributed by atoms with van der Waals surface area (Å²) in [6.45, 7) is 3.75. The topological polar surface area (TPSA) is 89.6 Å². The van der Waals surface area contributed by atoms with Crippen molar-refractivity contribution in [3.05, 3.63) is 42.0 Å². The fourth-order valence-corrected chi connectivity index (χ4v) is 1.14. The molecule has 0 heterocycles. The lowest BCUT2D eigenvalue weighted by Gasteiger charge is -2.11. The molecule has 110 valence electrons. The maximum absolute atomic E-state index is 10.6. The van der Waals surface area contributed by atoms with E-state index >= 15 is 0 Å². The van der Waals surface area contributed by atoms with Gasteiger partial charge < -0.3 is 15.6 Å². The summed E-state index contributed by atoms with van der Waals surface area (Å²) in [5.41, 5.74) is 6.29. The van der Waals surface area contributed by atoms with Crippen molar-refractivity contribution < 1.29 is 19.4 Å². The van der Waals surface area contributed by atoms with Gasteiger partial charge in [-0.1, -0.05) is 44.2 Å². The fourth-order valence-electron chi connectivity index (χ4n) is 1.14. The molecule has 1 atom stereocenters. The van der Waals surface area contributed by atoms with Gasteiger partial charge in [0.1, 0.15) is 6.04 Å². The second-order valence-electron chi connectivity index (χ2n) is 4.38. The Morgan fingerprint density at radius 3 is 2.15 bits per heavy atom. The highest BCUT2D eigenvalue weighted by molar-refractivity contribution is 5.85. The van der Waals surface area contributed by atoms with Gasteiger partial charge in [0.2, 0.25) is 0 Å². The largest absolute Gasteiger partial charge is 0.478 e. The first-order chi connectivity index (χ1) is 9.38. The molecule has 0 amide bonds. The number of benzene rings is 1. The summed E-state index contributed by atoms with van der Waals surface area (Å²) < 4.78 is 4.41. The summed E-state index contributed by atoms with van der Waals surface area (Å²) in [5.74, 6) is -1.11. The maximum Gasteiger partial charge on any atom is 0.328 e. The quantitative estimate of drug-likeness (QED) is 0.649. The van der Waals surface area contributed by atoms with Crippen molar-refractivity contribution in [2.45, 2.75) is 19.9 Å². The van der Waals surface area contributed by atoms with Crippen molar-refractivity contribution in [3.63, 3.8) is 0 Å². The molecule has 0 saturated heterocycles. The van der Waals surface area contributed by atoms with Crippen LogP contribution in [0.1, 0.15) is 19.4 Å². The highest BCUT2D eigenvalue weighted by Gasteiger charge is 2.16. The molecule has 0 aliphatic carbocycles. The lowest BCUT2D eigenvalue weighted by Crippen LogP contribution is -2.36. The van der Waals surface area contributed by atoms with Crippen LogP contribution in [0.3, 0.4) is 0 Å². The number of carbonyl (C=O) groups is 2. The van der Waals surface area contributed by atoms with Gasteiger partial charge in [0.25, 0.3) is 0 Å². The first kappa shape index (κ1) is 17.9. The molecule has 1 aromatic carbocycles. The van der Waals surface area contributed by atoms with E-state index in [1.165, 1.54) is 7.11 Å². The zero-order chi connectivity index (χ0) is 15.5. The number of hydrogen-bond acceptors (Lipinski definition) is 4. The predicted molar refractivity (Wildman–Crippen MR) is 77.9 cm³/mol. The van der Waals surface area contributed by atoms with Crippen LogP contribution < -0.4 is 5.73 Å². The molecular formula is C15H21NO4. The molecule has 0 unspecified atom stereocenters. The van der Waals surface area contributed by atoms with E-state index in [0.717, 1.165) is 11.6 Å². The Morgan fingerprint density at radius 1 is 1.25 bits per heavy atom. The fraction of sp³-hybridized carbons (Fsp3) is 0.333. The smallest absolute Gasteiger partial charge is 0.328 e. The van der Waals surface area contributed by atoms with Gasteiger partial charge in [-0.2, -0.15) is 0 Å². The molecule has 20 heavy (non-hydrogen) atoms. The van der Waals surface area contributed by atoms with Crippen LogP contribution >= 0.6 is 0 Å². The molecule has 0 aliphatic rings. The molecular weight excluding hydrogens is 258 g/mol. The summed E-state index contributed by atoms with van der Waals surface area (Å²) in [6.07, 6.45) is 2.68. The number of aliphatic carboxylic acids is 1. The second-order valence-corrected chi connectivity index (χ2v) is 4.38. The van der Waals surface area contributed by atoms with E-state index < -0.39 is 12.0 Å². The normalized spacial score (nSPS) is 11.7. The van der Waals surface area contributed by atoms with E-state index in [1.54, 1.807) is 6.08 Å². The van der Waals surface area contributed by atoms with Crippen LogP contribution in [0.25, 0.3) is 6.08 Å². The van der Waals surface area contributed by atoms with E-state index in [4.69, 9.17) is 10.8 Å². The molecule has 0 aliphatic heterocycles. The lowest BCUT2D eigenvalue weighted by molar-refractivity contribution is -0.143. The van der Waals surface area contributed by atoms with Gasteiger partial charge in [0.05, 0.1) is 7.11 Å². The summed E-state index contributed by atoms with van der Waals surface area (Å²) in [4.78, 5) is 20.7. The highest BCUT2D eigenvalue weighted by Crippen LogP contribution is 2.00. The number of carboxylic acids is 1. The molecule has 0 spiro atoms. The summed E-state index contributed by atoms with van der Waals surface area (Å²) in [5, 5.41) is 8.29. The van der Waals surface area contributed by atoms with Crippen molar-refractivity contribution >= 4 is 18.0 Å². The number of ether oxygens (including phenoxy) is 1. The number of methoxy groups -OCH3 is 1. The van der Waals surface area contributed by atoms with E-state index in [9.17, 15) is 9.59 Å². The monoisotopic (exact) mass is 279 g/mol. The van der Waals surface area contributed by atoms with Gasteiger partial charge in [0.15, 0.2) is 0 Å². The minimum Gasteiger partial charge on any atom is -0.478 e. The average molecular weight is 279 g/mol. The number of carbonyl (C=O) groups excluding carboxylic acids is 1. The predicted octanol–water partition coefficient (Wildman–Crippen LogP) is 1.93. The van der Waals surface area contributed by atoms with Crippen molar-refractivity contribution in [1.29, 1.82) is 0 Å². The Kier molecular flexibility index (Phi) is 8.70. The van der Waals surface area contributed by atoms with Gasteiger partial charge in [-0.25, -0.2) is 4.79 Å². The van der Waals surface area contributed by atoms with Crippen LogP contribution in [-0.4, -0.2) is 30.2 Å². The lowest BCUT2D eigenvalue weighted by atomic mass is 10.1. The Labute approximate surface area is 119 Å². The second kappa shape index (κ2) is 9.75. The van der Waals surface area contributed by atoms with Gasteiger partial charge >= 0.3 is 11.9 Å². The van der Waals surface area contributed by atoms with Gasteiger partial charge in [-0.3, -0.25) is 4.79 Å². The van der Waals surface area contributed by atoms with Crippen LogP contribution in [0.15, 0.2) is 36.4 Å². The Hall–Kier alpha value is -2.14. The number of hydrogen-bond donors (Lipinski definition) is 2. The summed E-state index contributed by atoms with van der Waals surface area (Å²) in [6, 6.07) is 8.83. The molecule has 1 rings (SSSR count). The van der Waals surface area contributed by atoms with Crippen LogP contribution in [-0.2, 0) is 14.3 Å². The van der Waals surface area contributed by atoms with Crippen LogP contribution in [0, 0.1) is 5.92 Å². The minimum absolute atomic E-state index is 0.150. The SMILES string of the molecule is COC(=O)[C@@H](N)C(C)C.O=C(O)/C=C/c1ccccc1. The standard InChI is InChI=1S/C9H8O2.C6H13NO2/c10-9(11)7-6-8-4-2-1-3-5-8;1-4(2)5(7)6(8)9-3/h1-7H,(H,10,11);4-5H,7H2,1-3H3/b7-6+;/t;5-/m.0/s1. The third-order valence-electron chi connectivity index (χ3n) is 2.41. The molecule has 0 fully saturated rings. The molecule has 1 aromatic rings. The Balaban J connectivity index is 0.000000370. The molecule has 0 radical (unpaired) electrons. The van der Waals surface area contributed by atoms with Crippen LogP contribution in [0.2, 0.25) is 0 Å². The van der Waals surface area contributed by atoms with Gasteiger partial charge in [-0.05, 0) is 17.6 Å². The number of carboxylic acid groups (broad SMARTS) is 1. The number of rotatable bonds is 4. The first-order valence-corrected chi connectivity index (χ1v) is 6.18. The highest BCUT2D eigenvalue weighted by atomic mass is 16.5. The average Bonchev–Trinajstić information content (AvgIpc) is 2.45. The summed E-state index contributed by atoms with van der Waals surface area (Å²) >= 11 is 0. The first-order valence-electron chi connectivity index (χ1n) is 6.18. The van der Waals surface area contributed by atoms with Gasteiger partial charge in [-0.15, -0.1) is 0 Å². The van der Waals surface area contributed by atoms with E-state index in [2.05, 4.69) is 4.74 Å². The zero-order valence-electron chi connectivity index (χ0n) is 11.9. The van der Waals surface area contributed by atoms with Crippen LogP contribution in [0.4, 0.5) is 0 Å². The zero-order valence-corrected chi connectivity index (χ0v) is 11.9. The number of esters is 1. The van der Waals surface area contributed by atoms with E-state index in [-0.39, 0.29) is 11.9 Å². The molecule has 0 bridgehead atoms. The van der Waals surface area contributed by atoms with Crippen molar-refractivity contribution in [3.8, 4) is 0 Å². The van der Waals surface area contributed by atoms with E-state index in [0.29, 0.717) is 0 Å². The molecule has 3 N–H and O–H groups in total. The van der Waals surface area contributed by atoms with Crippen LogP contribution in [0.5, 0.6) is 0 Å². The number of nitrogens with two attached hydrogens (primary N) is 1. The van der Waals surface area contributed by atoms with Crippen molar-refractivity contribution in [1.82, 2.24) is 0 Å². The van der Waals surface area contributed by atoms with Gasteiger partial charge in [0, 0.05) is 6.08 Å². The minimum atomic E-state index is -0.922. The summed E-state index contributed by atoms with van der Waals surface area (Å²) in [7, 11) is 1.34. The molecule has 0 aromatic heterocycles. The maximum atomic E-state index is 10.6. The molecule has 0 saturated carbocycles. The van der Waals surface area contributed by atoms with Crippen molar-refractivity contribution in [2.75, 3.05) is 7.11 Å². The Morgan fingerprint density at radius 2 is 1.80 bits per heavy atom.